The summed E-state index contributed by atoms with van der Waals surface area (Å²) < 4.78 is 5.39. The molecule has 0 fully saturated rings. The molecule has 0 bridgehead atoms. The first-order chi connectivity index (χ1) is 6.70. The molecule has 0 saturated heterocycles. The smallest absolute Gasteiger partial charge is 0.153 e. The molecule has 1 rings (SSSR count). The van der Waals surface area contributed by atoms with Crippen LogP contribution < -0.4 is 4.74 Å². The highest BCUT2D eigenvalue weighted by Crippen LogP contribution is 2.29. The second-order valence-electron chi connectivity index (χ2n) is 3.09. The monoisotopic (exact) mass is 194 g/mol. The quantitative estimate of drug-likeness (QED) is 0.748. The lowest BCUT2D eigenvalue weighted by Gasteiger charge is -2.10. The van der Waals surface area contributed by atoms with Gasteiger partial charge in [0.2, 0.25) is 0 Å². The van der Waals surface area contributed by atoms with Gasteiger partial charge in [0, 0.05) is 5.56 Å². The van der Waals surface area contributed by atoms with Crippen molar-refractivity contribution < 1.29 is 14.6 Å². The van der Waals surface area contributed by atoms with Crippen LogP contribution in [0.4, 0.5) is 0 Å². The fraction of sp³-hybridized carbons (Fsp3) is 0.364. The Labute approximate surface area is 83.3 Å². The summed E-state index contributed by atoms with van der Waals surface area (Å²) in [7, 11) is 0. The Hall–Kier alpha value is -1.51. The number of aldehydes is 1. The molecule has 0 saturated carbocycles. The van der Waals surface area contributed by atoms with Crippen LogP contribution in [0.15, 0.2) is 12.1 Å². The molecule has 1 N–H and O–H groups in total. The van der Waals surface area contributed by atoms with Gasteiger partial charge in [0.25, 0.3) is 0 Å². The molecular weight excluding hydrogens is 180 g/mol. The number of hydrogen-bond donors (Lipinski definition) is 1. The number of hydrogen-bond acceptors (Lipinski definition) is 3. The van der Waals surface area contributed by atoms with Crippen molar-refractivity contribution in [1.29, 1.82) is 0 Å². The average molecular weight is 194 g/mol. The number of aromatic hydroxyl groups is 1. The molecule has 0 aliphatic heterocycles. The summed E-state index contributed by atoms with van der Waals surface area (Å²) in [5.41, 5.74) is 0.911. The standard InChI is InChI=1S/C11H14O3/c1-3-6-14-10-5-4-9(7-12)11(13)8(10)2/h4-5,7,13H,3,6H2,1-2H3. The molecule has 0 aromatic heterocycles. The van der Waals surface area contributed by atoms with Crippen molar-refractivity contribution in [1.82, 2.24) is 0 Å². The highest BCUT2D eigenvalue weighted by molar-refractivity contribution is 5.80. The maximum absolute atomic E-state index is 10.5. The highest BCUT2D eigenvalue weighted by Gasteiger charge is 2.08. The Morgan fingerprint density at radius 3 is 2.79 bits per heavy atom. The van der Waals surface area contributed by atoms with Crippen LogP contribution in [0.2, 0.25) is 0 Å². The third-order valence-corrected chi connectivity index (χ3v) is 2.00. The van der Waals surface area contributed by atoms with E-state index in [1.165, 1.54) is 0 Å². The van der Waals surface area contributed by atoms with Crippen LogP contribution in [0.25, 0.3) is 0 Å². The van der Waals surface area contributed by atoms with E-state index in [0.717, 1.165) is 6.42 Å². The fourth-order valence-corrected chi connectivity index (χ4v) is 1.17. The van der Waals surface area contributed by atoms with Gasteiger partial charge in [0.05, 0.1) is 12.2 Å². The molecule has 3 heteroatoms. The number of ether oxygens (including phenoxy) is 1. The molecule has 14 heavy (non-hydrogen) atoms. The molecule has 3 nitrogen and oxygen atoms in total. The molecule has 1 aromatic rings. The van der Waals surface area contributed by atoms with Crippen LogP contribution in [0.3, 0.4) is 0 Å². The third-order valence-electron chi connectivity index (χ3n) is 2.00. The lowest BCUT2D eigenvalue weighted by molar-refractivity contribution is 0.112. The van der Waals surface area contributed by atoms with E-state index < -0.39 is 0 Å². The molecule has 0 aliphatic rings. The van der Waals surface area contributed by atoms with Gasteiger partial charge in [-0.3, -0.25) is 4.79 Å². The topological polar surface area (TPSA) is 46.5 Å². The zero-order valence-corrected chi connectivity index (χ0v) is 8.41. The minimum absolute atomic E-state index is 0.00797. The van der Waals surface area contributed by atoms with Crippen molar-refractivity contribution in [3.05, 3.63) is 23.3 Å². The number of phenolic OH excluding ortho intramolecular Hbond substituents is 1. The SMILES string of the molecule is CCCOc1ccc(C=O)c(O)c1C. The summed E-state index contributed by atoms with van der Waals surface area (Å²) in [5.74, 6) is 0.642. The minimum atomic E-state index is 0.00797. The molecule has 0 aliphatic carbocycles. The normalized spacial score (nSPS) is 9.86. The van der Waals surface area contributed by atoms with E-state index in [2.05, 4.69) is 0 Å². The highest BCUT2D eigenvalue weighted by atomic mass is 16.5. The zero-order valence-electron chi connectivity index (χ0n) is 8.41. The molecule has 0 radical (unpaired) electrons. The molecular formula is C11H14O3. The van der Waals surface area contributed by atoms with E-state index in [0.29, 0.717) is 29.8 Å². The third kappa shape index (κ3) is 2.05. The van der Waals surface area contributed by atoms with Crippen LogP contribution in [0.5, 0.6) is 11.5 Å². The maximum Gasteiger partial charge on any atom is 0.153 e. The first-order valence-electron chi connectivity index (χ1n) is 4.61. The van der Waals surface area contributed by atoms with E-state index in [1.54, 1.807) is 19.1 Å². The van der Waals surface area contributed by atoms with Crippen LogP contribution >= 0.6 is 0 Å². The van der Waals surface area contributed by atoms with E-state index in [9.17, 15) is 9.90 Å². The van der Waals surface area contributed by atoms with Gasteiger partial charge in [-0.2, -0.15) is 0 Å². The Morgan fingerprint density at radius 2 is 2.21 bits per heavy atom. The van der Waals surface area contributed by atoms with E-state index in [-0.39, 0.29) is 5.75 Å². The van der Waals surface area contributed by atoms with Gasteiger partial charge < -0.3 is 9.84 Å². The van der Waals surface area contributed by atoms with Crippen molar-refractivity contribution in [3.8, 4) is 11.5 Å². The second-order valence-corrected chi connectivity index (χ2v) is 3.09. The number of carbonyl (C=O) groups excluding carboxylic acids is 1. The van der Waals surface area contributed by atoms with E-state index >= 15 is 0 Å². The number of carbonyl (C=O) groups is 1. The molecule has 1 aromatic carbocycles. The van der Waals surface area contributed by atoms with Gasteiger partial charge in [-0.15, -0.1) is 0 Å². The first kappa shape index (κ1) is 10.6. The Morgan fingerprint density at radius 1 is 1.50 bits per heavy atom. The van der Waals surface area contributed by atoms with Crippen LogP contribution in [-0.4, -0.2) is 18.0 Å². The number of phenols is 1. The maximum atomic E-state index is 10.5. The number of rotatable bonds is 4. The van der Waals surface area contributed by atoms with Gasteiger partial charge in [0.15, 0.2) is 6.29 Å². The summed E-state index contributed by atoms with van der Waals surface area (Å²) in [6, 6.07) is 3.26. The summed E-state index contributed by atoms with van der Waals surface area (Å²) in [4.78, 5) is 10.5. The Bertz CT molecular complexity index is 332. The Balaban J connectivity index is 2.98. The molecule has 0 unspecified atom stereocenters. The predicted octanol–water partition coefficient (Wildman–Crippen LogP) is 2.30. The predicted molar refractivity (Wildman–Crippen MR) is 54.0 cm³/mol. The zero-order chi connectivity index (χ0) is 10.6. The summed E-state index contributed by atoms with van der Waals surface area (Å²) in [6.45, 7) is 4.35. The largest absolute Gasteiger partial charge is 0.507 e. The van der Waals surface area contributed by atoms with Crippen LogP contribution in [0, 0.1) is 6.92 Å². The van der Waals surface area contributed by atoms with Crippen molar-refractivity contribution in [2.75, 3.05) is 6.61 Å². The molecule has 0 amide bonds. The number of benzene rings is 1. The van der Waals surface area contributed by atoms with Gasteiger partial charge >= 0.3 is 0 Å². The molecule has 76 valence electrons. The average Bonchev–Trinajstić information content (AvgIpc) is 2.20. The lowest BCUT2D eigenvalue weighted by Crippen LogP contribution is -1.98. The minimum Gasteiger partial charge on any atom is -0.507 e. The summed E-state index contributed by atoms with van der Waals surface area (Å²) in [6.07, 6.45) is 1.54. The van der Waals surface area contributed by atoms with E-state index in [1.807, 2.05) is 6.92 Å². The van der Waals surface area contributed by atoms with Gasteiger partial charge in [-0.05, 0) is 25.5 Å². The van der Waals surface area contributed by atoms with E-state index in [4.69, 9.17) is 4.74 Å². The second kappa shape index (κ2) is 4.65. The molecule has 0 atom stereocenters. The Kier molecular flexibility index (Phi) is 3.51. The fourth-order valence-electron chi connectivity index (χ4n) is 1.17. The van der Waals surface area contributed by atoms with Crippen molar-refractivity contribution >= 4 is 6.29 Å². The molecule has 0 spiro atoms. The first-order valence-corrected chi connectivity index (χ1v) is 4.61. The van der Waals surface area contributed by atoms with Crippen molar-refractivity contribution in [2.24, 2.45) is 0 Å². The summed E-state index contributed by atoms with van der Waals surface area (Å²) >= 11 is 0. The van der Waals surface area contributed by atoms with Gasteiger partial charge in [-0.1, -0.05) is 6.92 Å². The lowest BCUT2D eigenvalue weighted by atomic mass is 10.1. The summed E-state index contributed by atoms with van der Waals surface area (Å²) in [5, 5.41) is 9.57. The van der Waals surface area contributed by atoms with Crippen molar-refractivity contribution in [2.45, 2.75) is 20.3 Å². The van der Waals surface area contributed by atoms with Gasteiger partial charge in [0.1, 0.15) is 11.5 Å². The van der Waals surface area contributed by atoms with Crippen LogP contribution in [0.1, 0.15) is 29.3 Å². The van der Waals surface area contributed by atoms with Crippen LogP contribution in [-0.2, 0) is 0 Å². The molecule has 0 heterocycles. The van der Waals surface area contributed by atoms with Gasteiger partial charge in [-0.25, -0.2) is 0 Å². The van der Waals surface area contributed by atoms with Crippen molar-refractivity contribution in [3.63, 3.8) is 0 Å².